The molecule has 1 aromatic rings. The summed E-state index contributed by atoms with van der Waals surface area (Å²) in [5, 5.41) is 2.01. The summed E-state index contributed by atoms with van der Waals surface area (Å²) in [6.07, 6.45) is 0. The van der Waals surface area contributed by atoms with Crippen LogP contribution in [0.4, 0.5) is 10.5 Å². The van der Waals surface area contributed by atoms with E-state index in [4.69, 9.17) is 4.74 Å². The Bertz CT molecular complexity index is 626. The van der Waals surface area contributed by atoms with Gasteiger partial charge in [-0.05, 0) is 26.0 Å². The van der Waals surface area contributed by atoms with Gasteiger partial charge in [-0.25, -0.2) is 9.69 Å². The van der Waals surface area contributed by atoms with E-state index in [1.807, 2.05) is 5.32 Å². The first-order valence-corrected chi connectivity index (χ1v) is 6.38. The number of carbonyl (C=O) groups excluding carboxylic acids is 4. The highest BCUT2D eigenvalue weighted by molar-refractivity contribution is 6.34. The van der Waals surface area contributed by atoms with Crippen LogP contribution in [0.2, 0.25) is 0 Å². The van der Waals surface area contributed by atoms with Gasteiger partial charge in [-0.3, -0.25) is 19.7 Å². The zero-order chi connectivity index (χ0) is 15.6. The lowest BCUT2D eigenvalue weighted by Gasteiger charge is -2.29. The SMILES string of the molecule is CCOc1ccccc1N1C(=O)NC(=O)[C@@H](C(C)=O)C1=O. The number of ether oxygens (including phenoxy) is 1. The number of rotatable bonds is 4. The lowest BCUT2D eigenvalue weighted by atomic mass is 10.00. The number of ketones is 1. The van der Waals surface area contributed by atoms with E-state index in [1.54, 1.807) is 25.1 Å². The van der Waals surface area contributed by atoms with Crippen molar-refractivity contribution in [3.05, 3.63) is 24.3 Å². The number of Topliss-reactive ketones (excluding diaryl/α,β-unsaturated/α-hetero) is 1. The average molecular weight is 290 g/mol. The molecule has 1 aliphatic heterocycles. The second kappa shape index (κ2) is 5.74. The number of amides is 4. The van der Waals surface area contributed by atoms with E-state index >= 15 is 0 Å². The Hall–Kier alpha value is -2.70. The third-order valence-corrected chi connectivity index (χ3v) is 2.98. The molecule has 0 aromatic heterocycles. The van der Waals surface area contributed by atoms with E-state index in [2.05, 4.69) is 0 Å². The van der Waals surface area contributed by atoms with Crippen LogP contribution in [0.3, 0.4) is 0 Å². The smallest absolute Gasteiger partial charge is 0.335 e. The fourth-order valence-electron chi connectivity index (χ4n) is 2.08. The van der Waals surface area contributed by atoms with Gasteiger partial charge in [0.05, 0.1) is 12.3 Å². The van der Waals surface area contributed by atoms with E-state index in [-0.39, 0.29) is 5.69 Å². The molecular weight excluding hydrogens is 276 g/mol. The number of nitrogens with one attached hydrogen (secondary N) is 1. The molecule has 1 N–H and O–H groups in total. The maximum Gasteiger partial charge on any atom is 0.335 e. The number of hydrogen-bond donors (Lipinski definition) is 1. The zero-order valence-corrected chi connectivity index (χ0v) is 11.6. The highest BCUT2D eigenvalue weighted by atomic mass is 16.5. The van der Waals surface area contributed by atoms with Crippen LogP contribution in [-0.4, -0.2) is 30.2 Å². The summed E-state index contributed by atoms with van der Waals surface area (Å²) in [6.45, 7) is 3.23. The zero-order valence-electron chi connectivity index (χ0n) is 11.6. The van der Waals surface area contributed by atoms with Crippen molar-refractivity contribution in [1.29, 1.82) is 0 Å². The van der Waals surface area contributed by atoms with Gasteiger partial charge in [-0.2, -0.15) is 0 Å². The first-order valence-electron chi connectivity index (χ1n) is 6.38. The molecule has 21 heavy (non-hydrogen) atoms. The molecule has 1 atom stereocenters. The van der Waals surface area contributed by atoms with Crippen LogP contribution < -0.4 is 15.0 Å². The summed E-state index contributed by atoms with van der Waals surface area (Å²) >= 11 is 0. The summed E-state index contributed by atoms with van der Waals surface area (Å²) < 4.78 is 5.37. The third-order valence-electron chi connectivity index (χ3n) is 2.98. The predicted octanol–water partition coefficient (Wildman–Crippen LogP) is 0.873. The summed E-state index contributed by atoms with van der Waals surface area (Å²) in [5.41, 5.74) is 0.195. The molecule has 4 amide bonds. The molecule has 1 aliphatic rings. The molecule has 1 saturated heterocycles. The van der Waals surface area contributed by atoms with Crippen LogP contribution in [-0.2, 0) is 14.4 Å². The van der Waals surface area contributed by atoms with E-state index in [0.29, 0.717) is 12.4 Å². The minimum Gasteiger partial charge on any atom is -0.492 e. The van der Waals surface area contributed by atoms with E-state index < -0.39 is 29.5 Å². The molecule has 110 valence electrons. The molecule has 0 aliphatic carbocycles. The van der Waals surface area contributed by atoms with Gasteiger partial charge in [0.25, 0.3) is 5.91 Å². The lowest BCUT2D eigenvalue weighted by Crippen LogP contribution is -2.60. The lowest BCUT2D eigenvalue weighted by molar-refractivity contribution is -0.140. The Morgan fingerprint density at radius 3 is 2.57 bits per heavy atom. The quantitative estimate of drug-likeness (QED) is 0.831. The van der Waals surface area contributed by atoms with Crippen molar-refractivity contribution in [2.45, 2.75) is 13.8 Å². The van der Waals surface area contributed by atoms with Crippen molar-refractivity contribution in [3.8, 4) is 5.75 Å². The standard InChI is InChI=1S/C14H14N2O5/c1-3-21-10-7-5-4-6-9(10)16-13(19)11(8(2)17)12(18)15-14(16)20/h4-7,11H,3H2,1-2H3,(H,15,18,20)/t11-/m1/s1. The Balaban J connectivity index is 2.47. The van der Waals surface area contributed by atoms with Gasteiger partial charge in [-0.15, -0.1) is 0 Å². The first kappa shape index (κ1) is 14.7. The molecule has 0 unspecified atom stereocenters. The van der Waals surface area contributed by atoms with E-state index in [1.165, 1.54) is 6.07 Å². The molecule has 0 saturated carbocycles. The fraction of sp³-hybridized carbons (Fsp3) is 0.286. The minimum absolute atomic E-state index is 0.195. The van der Waals surface area contributed by atoms with Gasteiger partial charge in [0.1, 0.15) is 5.75 Å². The van der Waals surface area contributed by atoms with Gasteiger partial charge in [0.2, 0.25) is 5.91 Å². The monoisotopic (exact) mass is 290 g/mol. The molecule has 0 spiro atoms. The molecular formula is C14H14N2O5. The van der Waals surface area contributed by atoms with E-state index in [9.17, 15) is 19.2 Å². The van der Waals surface area contributed by atoms with Crippen molar-refractivity contribution >= 4 is 29.3 Å². The Morgan fingerprint density at radius 1 is 1.29 bits per heavy atom. The van der Waals surface area contributed by atoms with Gasteiger partial charge in [0.15, 0.2) is 11.7 Å². The first-order chi connectivity index (χ1) is 9.97. The van der Waals surface area contributed by atoms with Crippen molar-refractivity contribution in [2.24, 2.45) is 5.92 Å². The predicted molar refractivity (Wildman–Crippen MR) is 72.8 cm³/mol. The molecule has 1 heterocycles. The van der Waals surface area contributed by atoms with E-state index in [0.717, 1.165) is 11.8 Å². The van der Waals surface area contributed by atoms with Crippen LogP contribution in [0.1, 0.15) is 13.8 Å². The largest absolute Gasteiger partial charge is 0.492 e. The Labute approximate surface area is 120 Å². The number of benzene rings is 1. The number of barbiturate groups is 1. The summed E-state index contributed by atoms with van der Waals surface area (Å²) in [5.74, 6) is -3.59. The molecule has 7 nitrogen and oxygen atoms in total. The van der Waals surface area contributed by atoms with Crippen molar-refractivity contribution in [3.63, 3.8) is 0 Å². The Kier molecular flexibility index (Phi) is 4.02. The number of hydrogen-bond acceptors (Lipinski definition) is 5. The molecule has 1 fully saturated rings. The number of imide groups is 2. The topological polar surface area (TPSA) is 92.8 Å². The third kappa shape index (κ3) is 2.62. The second-order valence-electron chi connectivity index (χ2n) is 4.41. The van der Waals surface area contributed by atoms with Gasteiger partial charge in [0, 0.05) is 0 Å². The average Bonchev–Trinajstić information content (AvgIpc) is 2.39. The van der Waals surface area contributed by atoms with Crippen molar-refractivity contribution < 1.29 is 23.9 Å². The molecule has 2 rings (SSSR count). The van der Waals surface area contributed by atoms with Crippen LogP contribution in [0.25, 0.3) is 0 Å². The van der Waals surface area contributed by atoms with Gasteiger partial charge < -0.3 is 4.74 Å². The molecule has 0 radical (unpaired) electrons. The highest BCUT2D eigenvalue weighted by Crippen LogP contribution is 2.30. The van der Waals surface area contributed by atoms with Crippen LogP contribution in [0.15, 0.2) is 24.3 Å². The number of anilines is 1. The molecule has 1 aromatic carbocycles. The van der Waals surface area contributed by atoms with Crippen LogP contribution in [0.5, 0.6) is 5.75 Å². The van der Waals surface area contributed by atoms with Gasteiger partial charge in [-0.1, -0.05) is 12.1 Å². The maximum atomic E-state index is 12.3. The molecule has 0 bridgehead atoms. The van der Waals surface area contributed by atoms with Crippen molar-refractivity contribution in [2.75, 3.05) is 11.5 Å². The minimum atomic E-state index is -1.52. The van der Waals surface area contributed by atoms with Gasteiger partial charge >= 0.3 is 6.03 Å². The molecule has 7 heteroatoms. The number of para-hydroxylation sites is 2. The summed E-state index contributed by atoms with van der Waals surface area (Å²) in [4.78, 5) is 48.1. The number of carbonyl (C=O) groups is 4. The van der Waals surface area contributed by atoms with Crippen molar-refractivity contribution in [1.82, 2.24) is 5.32 Å². The second-order valence-corrected chi connectivity index (χ2v) is 4.41. The fourth-order valence-corrected chi connectivity index (χ4v) is 2.08. The maximum absolute atomic E-state index is 12.3. The summed E-state index contributed by atoms with van der Waals surface area (Å²) in [6, 6.07) is 5.52. The Morgan fingerprint density at radius 2 is 1.95 bits per heavy atom. The highest BCUT2D eigenvalue weighted by Gasteiger charge is 2.44. The normalized spacial score (nSPS) is 18.5. The number of nitrogens with zero attached hydrogens (tertiary/aromatic N) is 1. The van der Waals surface area contributed by atoms with Crippen LogP contribution >= 0.6 is 0 Å². The number of urea groups is 1. The van der Waals surface area contributed by atoms with Crippen LogP contribution in [0, 0.1) is 5.92 Å². The summed E-state index contributed by atoms with van der Waals surface area (Å²) in [7, 11) is 0.